The number of hydrogen-bond donors (Lipinski definition) is 0. The number of halogens is 1. The zero-order valence-electron chi connectivity index (χ0n) is 8.69. The fourth-order valence-electron chi connectivity index (χ4n) is 2.70. The maximum atomic E-state index is 3.54. The summed E-state index contributed by atoms with van der Waals surface area (Å²) in [6.45, 7) is 4.95. The molecule has 0 aliphatic carbocycles. The lowest BCUT2D eigenvalue weighted by molar-refractivity contribution is 0.311. The Bertz CT molecular complexity index is 366. The summed E-state index contributed by atoms with van der Waals surface area (Å²) in [6.07, 6.45) is 1.33. The summed E-state index contributed by atoms with van der Waals surface area (Å²) >= 11 is 3.54. The third-order valence-corrected chi connectivity index (χ3v) is 3.98. The fraction of sp³-hybridized carbons (Fsp3) is 0.500. The van der Waals surface area contributed by atoms with Crippen LogP contribution in [0.2, 0.25) is 0 Å². The average molecular weight is 267 g/mol. The summed E-state index contributed by atoms with van der Waals surface area (Å²) in [5.74, 6) is 0. The Kier molecular flexibility index (Phi) is 2.45. The van der Waals surface area contributed by atoms with Gasteiger partial charge in [0, 0.05) is 42.4 Å². The number of piperazine rings is 1. The van der Waals surface area contributed by atoms with Crippen LogP contribution in [0.3, 0.4) is 0 Å². The van der Waals surface area contributed by atoms with Gasteiger partial charge in [-0.25, -0.2) is 0 Å². The Balaban J connectivity index is 1.87. The van der Waals surface area contributed by atoms with Crippen LogP contribution in [0.4, 0.5) is 5.69 Å². The van der Waals surface area contributed by atoms with Gasteiger partial charge in [-0.05, 0) is 24.6 Å². The fourth-order valence-corrected chi connectivity index (χ4v) is 3.08. The van der Waals surface area contributed by atoms with Crippen LogP contribution in [0.25, 0.3) is 0 Å². The van der Waals surface area contributed by atoms with Crippen molar-refractivity contribution >= 4 is 21.6 Å². The molecule has 0 spiro atoms. The second kappa shape index (κ2) is 3.80. The van der Waals surface area contributed by atoms with Crippen LogP contribution in [0.15, 0.2) is 28.7 Å². The van der Waals surface area contributed by atoms with Crippen LogP contribution in [-0.4, -0.2) is 37.1 Å². The molecule has 3 rings (SSSR count). The van der Waals surface area contributed by atoms with Crippen LogP contribution in [0.5, 0.6) is 0 Å². The van der Waals surface area contributed by atoms with Gasteiger partial charge >= 0.3 is 0 Å². The van der Waals surface area contributed by atoms with E-state index < -0.39 is 0 Å². The molecule has 0 radical (unpaired) electrons. The summed E-state index contributed by atoms with van der Waals surface area (Å²) in [4.78, 5) is 5.13. The number of fused-ring (bicyclic) bond motifs is 2. The third kappa shape index (κ3) is 1.79. The summed E-state index contributed by atoms with van der Waals surface area (Å²) in [5, 5.41) is 0. The van der Waals surface area contributed by atoms with Crippen LogP contribution < -0.4 is 4.90 Å². The van der Waals surface area contributed by atoms with E-state index in [0.717, 1.165) is 6.04 Å². The number of nitrogens with zero attached hydrogens (tertiary/aromatic N) is 2. The van der Waals surface area contributed by atoms with Crippen molar-refractivity contribution in [3.05, 3.63) is 28.7 Å². The lowest BCUT2D eigenvalue weighted by atomic mass is 10.1. The molecule has 0 aromatic heterocycles. The molecule has 80 valence electrons. The van der Waals surface area contributed by atoms with Crippen LogP contribution >= 0.6 is 15.9 Å². The van der Waals surface area contributed by atoms with Gasteiger partial charge in [0.15, 0.2) is 0 Å². The monoisotopic (exact) mass is 266 g/mol. The van der Waals surface area contributed by atoms with E-state index in [4.69, 9.17) is 0 Å². The van der Waals surface area contributed by atoms with Crippen LogP contribution in [-0.2, 0) is 0 Å². The molecule has 2 aliphatic heterocycles. The second-order valence-electron chi connectivity index (χ2n) is 4.42. The van der Waals surface area contributed by atoms with Crippen molar-refractivity contribution in [2.45, 2.75) is 12.5 Å². The van der Waals surface area contributed by atoms with Gasteiger partial charge in [-0.2, -0.15) is 0 Å². The Morgan fingerprint density at radius 3 is 3.00 bits per heavy atom. The smallest absolute Gasteiger partial charge is 0.0429 e. The van der Waals surface area contributed by atoms with Crippen molar-refractivity contribution < 1.29 is 0 Å². The third-order valence-electron chi connectivity index (χ3n) is 3.49. The summed E-state index contributed by atoms with van der Waals surface area (Å²) in [6, 6.07) is 9.41. The normalized spacial score (nSPS) is 29.5. The molecule has 2 saturated heterocycles. The van der Waals surface area contributed by atoms with E-state index in [1.54, 1.807) is 0 Å². The average Bonchev–Trinajstić information content (AvgIpc) is 2.61. The van der Waals surface area contributed by atoms with Crippen molar-refractivity contribution in [3.63, 3.8) is 0 Å². The molecule has 1 aromatic carbocycles. The molecule has 2 aliphatic rings. The zero-order chi connectivity index (χ0) is 10.3. The molecule has 2 fully saturated rings. The topological polar surface area (TPSA) is 6.48 Å². The first kappa shape index (κ1) is 9.67. The largest absolute Gasteiger partial charge is 0.366 e. The number of benzene rings is 1. The maximum absolute atomic E-state index is 3.54. The van der Waals surface area contributed by atoms with Crippen molar-refractivity contribution in [2.24, 2.45) is 0 Å². The lowest BCUT2D eigenvalue weighted by Gasteiger charge is -2.36. The van der Waals surface area contributed by atoms with Gasteiger partial charge in [0.25, 0.3) is 0 Å². The van der Waals surface area contributed by atoms with E-state index in [9.17, 15) is 0 Å². The summed E-state index contributed by atoms with van der Waals surface area (Å²) in [7, 11) is 0. The van der Waals surface area contributed by atoms with Crippen molar-refractivity contribution in [2.75, 3.05) is 31.1 Å². The maximum Gasteiger partial charge on any atom is 0.0429 e. The Hall–Kier alpha value is -0.540. The molecule has 3 heteroatoms. The molecule has 15 heavy (non-hydrogen) atoms. The second-order valence-corrected chi connectivity index (χ2v) is 5.33. The molecule has 2 unspecified atom stereocenters. The van der Waals surface area contributed by atoms with E-state index in [-0.39, 0.29) is 0 Å². The van der Waals surface area contributed by atoms with E-state index in [0.29, 0.717) is 0 Å². The van der Waals surface area contributed by atoms with E-state index in [1.807, 2.05) is 0 Å². The van der Waals surface area contributed by atoms with E-state index >= 15 is 0 Å². The van der Waals surface area contributed by atoms with Gasteiger partial charge in [-0.15, -0.1) is 0 Å². The first-order chi connectivity index (χ1) is 7.33. The highest BCUT2D eigenvalue weighted by Crippen LogP contribution is 2.28. The molecule has 2 heterocycles. The quantitative estimate of drug-likeness (QED) is 0.770. The highest BCUT2D eigenvalue weighted by Gasteiger charge is 2.32. The standard InChI is InChI=1S/C12H15BrN2/c13-10-2-1-3-11(8-10)15-7-6-14-5-4-12(15)9-14/h1-3,8,12H,4-7,9H2. The van der Waals surface area contributed by atoms with Crippen LogP contribution in [0.1, 0.15) is 6.42 Å². The zero-order valence-corrected chi connectivity index (χ0v) is 10.3. The predicted octanol–water partition coefficient (Wildman–Crippen LogP) is 2.34. The van der Waals surface area contributed by atoms with Crippen molar-refractivity contribution in [1.82, 2.24) is 4.90 Å². The highest BCUT2D eigenvalue weighted by atomic mass is 79.9. The lowest BCUT2D eigenvalue weighted by Crippen LogP contribution is -2.46. The highest BCUT2D eigenvalue weighted by molar-refractivity contribution is 9.10. The molecule has 2 atom stereocenters. The minimum Gasteiger partial charge on any atom is -0.366 e. The molecule has 1 aromatic rings. The first-order valence-corrected chi connectivity index (χ1v) is 6.37. The first-order valence-electron chi connectivity index (χ1n) is 5.57. The molecule has 2 bridgehead atoms. The Labute approximate surface area is 99.0 Å². The van der Waals surface area contributed by atoms with Gasteiger partial charge in [-0.3, -0.25) is 4.90 Å². The molecular weight excluding hydrogens is 252 g/mol. The van der Waals surface area contributed by atoms with Gasteiger partial charge in [-0.1, -0.05) is 22.0 Å². The molecule has 0 amide bonds. The minimum atomic E-state index is 0.744. The van der Waals surface area contributed by atoms with Gasteiger partial charge in [0.2, 0.25) is 0 Å². The van der Waals surface area contributed by atoms with E-state index in [2.05, 4.69) is 50.0 Å². The molecule has 2 nitrogen and oxygen atoms in total. The van der Waals surface area contributed by atoms with Crippen molar-refractivity contribution in [1.29, 1.82) is 0 Å². The summed E-state index contributed by atoms with van der Waals surface area (Å²) in [5.41, 5.74) is 1.37. The molecule has 0 saturated carbocycles. The van der Waals surface area contributed by atoms with Crippen LogP contribution in [0, 0.1) is 0 Å². The van der Waals surface area contributed by atoms with Gasteiger partial charge in [0.05, 0.1) is 0 Å². The Morgan fingerprint density at radius 2 is 2.13 bits per heavy atom. The molecular formula is C12H15BrN2. The Morgan fingerprint density at radius 1 is 1.20 bits per heavy atom. The predicted molar refractivity (Wildman–Crippen MR) is 66.3 cm³/mol. The van der Waals surface area contributed by atoms with Crippen molar-refractivity contribution in [3.8, 4) is 0 Å². The SMILES string of the molecule is Brc1cccc(N2CCN3CCC2C3)c1. The van der Waals surface area contributed by atoms with Gasteiger partial charge < -0.3 is 4.90 Å². The van der Waals surface area contributed by atoms with Gasteiger partial charge in [0.1, 0.15) is 0 Å². The minimum absolute atomic E-state index is 0.744. The summed E-state index contributed by atoms with van der Waals surface area (Å²) < 4.78 is 1.18. The van der Waals surface area contributed by atoms with E-state index in [1.165, 1.54) is 42.8 Å². The number of hydrogen-bond acceptors (Lipinski definition) is 2. The molecule has 0 N–H and O–H groups in total. The number of rotatable bonds is 1. The number of anilines is 1.